The van der Waals surface area contributed by atoms with Crippen LogP contribution in [0.15, 0.2) is 74.3 Å². The molecular weight excluding hydrogens is 576 g/mol. The van der Waals surface area contributed by atoms with E-state index in [1.807, 2.05) is 6.07 Å². The van der Waals surface area contributed by atoms with E-state index in [-0.39, 0.29) is 28.8 Å². The third-order valence-electron chi connectivity index (χ3n) is 5.84. The third kappa shape index (κ3) is 5.13. The van der Waals surface area contributed by atoms with Gasteiger partial charge in [-0.3, -0.25) is 19.5 Å². The van der Waals surface area contributed by atoms with Crippen LogP contribution in [-0.2, 0) is 9.59 Å². The van der Waals surface area contributed by atoms with Crippen LogP contribution in [0, 0.1) is 11.3 Å². The fourth-order valence-electron chi connectivity index (χ4n) is 4.29. The average Bonchev–Trinajstić information content (AvgIpc) is 3.37. The smallest absolute Gasteiger partial charge is 0.235 e. The second-order valence-corrected chi connectivity index (χ2v) is 11.2. The molecule has 10 nitrogen and oxygen atoms in total. The van der Waals surface area contributed by atoms with Gasteiger partial charge in [0.1, 0.15) is 11.6 Å². The molecule has 3 aromatic heterocycles. The minimum absolute atomic E-state index is 0.0160. The Morgan fingerprint density at radius 3 is 2.89 bits per heavy atom. The number of Topliss-reactive ketones (excluding diaryl/α,β-unsaturated/α-hetero) is 1. The van der Waals surface area contributed by atoms with Crippen molar-refractivity contribution >= 4 is 61.7 Å². The maximum Gasteiger partial charge on any atom is 0.235 e. The van der Waals surface area contributed by atoms with E-state index in [2.05, 4.69) is 47.5 Å². The number of thioether (sulfide) groups is 1. The van der Waals surface area contributed by atoms with Gasteiger partial charge in [0.2, 0.25) is 11.0 Å². The van der Waals surface area contributed by atoms with Gasteiger partial charge in [0.15, 0.2) is 10.1 Å². The monoisotopic (exact) mass is 594 g/mol. The van der Waals surface area contributed by atoms with Crippen LogP contribution in [0.5, 0.6) is 0 Å². The maximum atomic E-state index is 13.1. The highest BCUT2D eigenvalue weighted by Crippen LogP contribution is 2.46. The molecule has 37 heavy (non-hydrogen) atoms. The highest BCUT2D eigenvalue weighted by atomic mass is 79.9. The fraction of sp³-hybridized carbons (Fsp3) is 0.208. The van der Waals surface area contributed by atoms with E-state index < -0.39 is 5.92 Å². The number of nitriles is 1. The van der Waals surface area contributed by atoms with Gasteiger partial charge in [-0.25, -0.2) is 4.98 Å². The molecule has 0 radical (unpaired) electrons. The Morgan fingerprint density at radius 2 is 2.16 bits per heavy atom. The summed E-state index contributed by atoms with van der Waals surface area (Å²) in [5, 5.41) is 21.7. The summed E-state index contributed by atoms with van der Waals surface area (Å²) in [6.45, 7) is 0. The summed E-state index contributed by atoms with van der Waals surface area (Å²) < 4.78 is 1.37. The number of carbonyl (C=O) groups excluding carboxylic acids is 2. The first kappa shape index (κ1) is 25.1. The normalized spacial score (nSPS) is 17.5. The molecule has 3 N–H and O–H groups in total. The van der Waals surface area contributed by atoms with E-state index in [0.29, 0.717) is 40.1 Å². The Morgan fingerprint density at radius 1 is 1.30 bits per heavy atom. The molecule has 1 amide bonds. The minimum Gasteiger partial charge on any atom is -0.384 e. The van der Waals surface area contributed by atoms with Crippen molar-refractivity contribution in [2.24, 2.45) is 5.73 Å². The van der Waals surface area contributed by atoms with Gasteiger partial charge in [0.25, 0.3) is 0 Å². The van der Waals surface area contributed by atoms with Gasteiger partial charge < -0.3 is 11.1 Å². The van der Waals surface area contributed by atoms with Gasteiger partial charge in [0.05, 0.1) is 23.3 Å². The SMILES string of the molecule is N#CC1=C(N)N(c2nnc(SCC(=O)Nc3ccc(Br)cn3)s2)C2=C(C(=O)CCC2)C1c1cccnc1. The van der Waals surface area contributed by atoms with Crippen molar-refractivity contribution in [3.8, 4) is 6.07 Å². The first-order chi connectivity index (χ1) is 18.0. The largest absolute Gasteiger partial charge is 0.384 e. The van der Waals surface area contributed by atoms with Crippen LogP contribution >= 0.6 is 39.0 Å². The van der Waals surface area contributed by atoms with Crippen LogP contribution in [0.1, 0.15) is 30.7 Å². The Bertz CT molecular complexity index is 1460. The summed E-state index contributed by atoms with van der Waals surface area (Å²) in [5.74, 6) is -0.0457. The molecule has 0 saturated carbocycles. The van der Waals surface area contributed by atoms with Crippen LogP contribution in [0.25, 0.3) is 0 Å². The van der Waals surface area contributed by atoms with Gasteiger partial charge >= 0.3 is 0 Å². The zero-order valence-corrected chi connectivity index (χ0v) is 22.4. The molecule has 3 aromatic rings. The Kier molecular flexibility index (Phi) is 7.31. The van der Waals surface area contributed by atoms with Crippen molar-refractivity contribution in [1.82, 2.24) is 20.2 Å². The number of aromatic nitrogens is 4. The van der Waals surface area contributed by atoms with Crippen molar-refractivity contribution in [1.29, 1.82) is 5.26 Å². The number of carbonyl (C=O) groups is 2. The molecular formula is C24H19BrN8O2S2. The van der Waals surface area contributed by atoms with Gasteiger partial charge in [0, 0.05) is 40.8 Å². The number of anilines is 2. The second kappa shape index (κ2) is 10.8. The van der Waals surface area contributed by atoms with Crippen LogP contribution < -0.4 is 16.0 Å². The molecule has 186 valence electrons. The summed E-state index contributed by atoms with van der Waals surface area (Å²) in [6, 6.07) is 9.33. The number of ketones is 1. The highest BCUT2D eigenvalue weighted by Gasteiger charge is 2.41. The van der Waals surface area contributed by atoms with Crippen LogP contribution in [0.3, 0.4) is 0 Å². The van der Waals surface area contributed by atoms with E-state index in [4.69, 9.17) is 5.73 Å². The fourth-order valence-corrected chi connectivity index (χ4v) is 6.21. The number of amides is 1. The van der Waals surface area contributed by atoms with Crippen molar-refractivity contribution in [2.75, 3.05) is 16.0 Å². The highest BCUT2D eigenvalue weighted by molar-refractivity contribution is 9.10. The second-order valence-electron chi connectivity index (χ2n) is 8.15. The number of hydrogen-bond donors (Lipinski definition) is 2. The number of nitrogens with one attached hydrogen (secondary N) is 1. The molecule has 1 atom stereocenters. The third-order valence-corrected chi connectivity index (χ3v) is 8.35. The number of allylic oxidation sites excluding steroid dienone is 3. The van der Waals surface area contributed by atoms with Crippen molar-refractivity contribution < 1.29 is 9.59 Å². The van der Waals surface area contributed by atoms with E-state index in [9.17, 15) is 14.9 Å². The number of halogens is 1. The van der Waals surface area contributed by atoms with Crippen LogP contribution in [-0.4, -0.2) is 37.6 Å². The Hall–Kier alpha value is -3.60. The molecule has 1 unspecified atom stereocenters. The van der Waals surface area contributed by atoms with E-state index >= 15 is 0 Å². The van der Waals surface area contributed by atoms with E-state index in [1.54, 1.807) is 41.7 Å². The van der Waals surface area contributed by atoms with E-state index in [0.717, 1.165) is 15.7 Å². The average molecular weight is 596 g/mol. The quantitative estimate of drug-likeness (QED) is 0.398. The van der Waals surface area contributed by atoms with Crippen molar-refractivity contribution in [3.05, 3.63) is 75.6 Å². The molecule has 1 aliphatic carbocycles. The lowest BCUT2D eigenvalue weighted by Crippen LogP contribution is -2.38. The van der Waals surface area contributed by atoms with Crippen LogP contribution in [0.2, 0.25) is 0 Å². The molecule has 0 saturated heterocycles. The van der Waals surface area contributed by atoms with E-state index in [1.165, 1.54) is 23.1 Å². The topological polar surface area (TPSA) is 151 Å². The molecule has 2 aliphatic rings. The van der Waals surface area contributed by atoms with Gasteiger partial charge in [-0.2, -0.15) is 5.26 Å². The first-order valence-electron chi connectivity index (χ1n) is 11.2. The summed E-state index contributed by atoms with van der Waals surface area (Å²) in [4.78, 5) is 35.5. The van der Waals surface area contributed by atoms with Gasteiger partial charge in [-0.15, -0.1) is 10.2 Å². The predicted octanol–water partition coefficient (Wildman–Crippen LogP) is 4.13. The molecule has 0 fully saturated rings. The van der Waals surface area contributed by atoms with Crippen LogP contribution in [0.4, 0.5) is 10.9 Å². The lowest BCUT2D eigenvalue weighted by molar-refractivity contribution is -0.116. The molecule has 5 rings (SSSR count). The molecule has 0 bridgehead atoms. The number of nitrogens with zero attached hydrogens (tertiary/aromatic N) is 6. The minimum atomic E-state index is -0.574. The molecule has 4 heterocycles. The number of hydrogen-bond acceptors (Lipinski definition) is 11. The Balaban J connectivity index is 1.40. The Labute approximate surface area is 228 Å². The zero-order chi connectivity index (χ0) is 25.9. The molecule has 0 aromatic carbocycles. The van der Waals surface area contributed by atoms with Gasteiger partial charge in [-0.1, -0.05) is 29.2 Å². The lowest BCUT2D eigenvalue weighted by Gasteiger charge is -2.37. The summed E-state index contributed by atoms with van der Waals surface area (Å²) >= 11 is 5.78. The summed E-state index contributed by atoms with van der Waals surface area (Å²) in [6.07, 6.45) is 6.60. The number of rotatable bonds is 6. The first-order valence-corrected chi connectivity index (χ1v) is 13.8. The molecule has 13 heteroatoms. The number of pyridine rings is 2. The zero-order valence-electron chi connectivity index (χ0n) is 19.2. The van der Waals surface area contributed by atoms with Crippen molar-refractivity contribution in [3.63, 3.8) is 0 Å². The van der Waals surface area contributed by atoms with Crippen molar-refractivity contribution in [2.45, 2.75) is 29.5 Å². The lowest BCUT2D eigenvalue weighted by atomic mass is 9.76. The standard InChI is InChI=1S/C24H19BrN8O2S2/c25-14-6-7-18(29-11-14)30-19(35)12-36-24-32-31-23(37-24)33-16-4-1-5-17(34)21(16)20(15(9-26)22(33)27)13-3-2-8-28-10-13/h2-3,6-8,10-11,20H,1,4-5,12,27H2,(H,29,30,35). The number of nitrogens with two attached hydrogens (primary N) is 1. The summed E-state index contributed by atoms with van der Waals surface area (Å²) in [7, 11) is 0. The maximum absolute atomic E-state index is 13.1. The molecule has 0 spiro atoms. The predicted molar refractivity (Wildman–Crippen MR) is 143 cm³/mol. The molecule has 1 aliphatic heterocycles. The summed E-state index contributed by atoms with van der Waals surface area (Å²) in [5.41, 5.74) is 8.84. The van der Waals surface area contributed by atoms with Gasteiger partial charge in [-0.05, 0) is 52.5 Å².